The first-order valence-corrected chi connectivity index (χ1v) is 5.96. The summed E-state index contributed by atoms with van der Waals surface area (Å²) in [6.45, 7) is 6.22. The van der Waals surface area contributed by atoms with E-state index in [0.717, 1.165) is 24.7 Å². The van der Waals surface area contributed by atoms with Gasteiger partial charge >= 0.3 is 0 Å². The number of nitrogens with one attached hydrogen (secondary N) is 1. The minimum Gasteiger partial charge on any atom is -0.338 e. The van der Waals surface area contributed by atoms with E-state index >= 15 is 0 Å². The van der Waals surface area contributed by atoms with E-state index in [1.807, 2.05) is 13.2 Å². The Labute approximate surface area is 97.1 Å². The number of hydrogen-bond acceptors (Lipinski definition) is 4. The Bertz CT molecular complexity index is 364. The van der Waals surface area contributed by atoms with Gasteiger partial charge in [-0.15, -0.1) is 0 Å². The molecule has 1 aliphatic rings. The lowest BCUT2D eigenvalue weighted by atomic mass is 10.2. The molecule has 4 heteroatoms. The van der Waals surface area contributed by atoms with Crippen molar-refractivity contribution in [2.75, 3.05) is 18.5 Å². The minimum atomic E-state index is 0.578. The van der Waals surface area contributed by atoms with Crippen LogP contribution in [-0.4, -0.2) is 29.6 Å². The van der Waals surface area contributed by atoms with Crippen molar-refractivity contribution in [1.29, 1.82) is 0 Å². The Morgan fingerprint density at radius 1 is 1.56 bits per heavy atom. The van der Waals surface area contributed by atoms with Crippen LogP contribution in [0.1, 0.15) is 31.0 Å². The Morgan fingerprint density at radius 3 is 2.94 bits per heavy atom. The molecule has 1 saturated heterocycles. The number of rotatable bonds is 3. The van der Waals surface area contributed by atoms with Crippen molar-refractivity contribution in [1.82, 2.24) is 15.3 Å². The van der Waals surface area contributed by atoms with Gasteiger partial charge in [0.15, 0.2) is 0 Å². The third-order valence-electron chi connectivity index (χ3n) is 3.25. The van der Waals surface area contributed by atoms with Crippen molar-refractivity contribution < 1.29 is 0 Å². The molecule has 1 atom stereocenters. The van der Waals surface area contributed by atoms with E-state index in [9.17, 15) is 0 Å². The molecule has 2 rings (SSSR count). The summed E-state index contributed by atoms with van der Waals surface area (Å²) in [7, 11) is 1.94. The van der Waals surface area contributed by atoms with Gasteiger partial charge in [0.05, 0.1) is 0 Å². The van der Waals surface area contributed by atoms with Crippen molar-refractivity contribution in [3.63, 3.8) is 0 Å². The van der Waals surface area contributed by atoms with Crippen LogP contribution in [0.2, 0.25) is 0 Å². The second kappa shape index (κ2) is 4.78. The summed E-state index contributed by atoms with van der Waals surface area (Å²) >= 11 is 0. The van der Waals surface area contributed by atoms with Crippen LogP contribution in [0.3, 0.4) is 0 Å². The molecule has 1 fully saturated rings. The molecule has 0 spiro atoms. The van der Waals surface area contributed by atoms with Gasteiger partial charge in [0, 0.05) is 36.6 Å². The molecule has 1 aromatic rings. The molecule has 1 N–H and O–H groups in total. The van der Waals surface area contributed by atoms with Crippen LogP contribution in [0.5, 0.6) is 0 Å². The minimum absolute atomic E-state index is 0.578. The molecule has 1 unspecified atom stereocenters. The van der Waals surface area contributed by atoms with E-state index in [-0.39, 0.29) is 0 Å². The molecule has 88 valence electrons. The highest BCUT2D eigenvalue weighted by Crippen LogP contribution is 2.22. The molecule has 2 heterocycles. The molecule has 0 saturated carbocycles. The lowest BCUT2D eigenvalue weighted by molar-refractivity contribution is 0.710. The number of aryl methyl sites for hydroxylation is 1. The number of hydrogen-bond donors (Lipinski definition) is 1. The highest BCUT2D eigenvalue weighted by atomic mass is 15.3. The highest BCUT2D eigenvalue weighted by Gasteiger charge is 2.22. The zero-order valence-electron chi connectivity index (χ0n) is 10.3. The van der Waals surface area contributed by atoms with Gasteiger partial charge in [-0.25, -0.2) is 9.97 Å². The van der Waals surface area contributed by atoms with Crippen LogP contribution < -0.4 is 10.2 Å². The summed E-state index contributed by atoms with van der Waals surface area (Å²) in [4.78, 5) is 11.4. The number of nitrogens with zero attached hydrogens (tertiary/aromatic N) is 3. The third kappa shape index (κ3) is 2.16. The SMILES string of the molecule is CNCc1cnc(N2CCCC2C)nc1C. The molecule has 0 aromatic carbocycles. The molecule has 0 aliphatic carbocycles. The van der Waals surface area contributed by atoms with Gasteiger partial charge in [-0.05, 0) is 33.7 Å². The lowest BCUT2D eigenvalue weighted by Crippen LogP contribution is -2.28. The first-order valence-electron chi connectivity index (χ1n) is 5.96. The smallest absolute Gasteiger partial charge is 0.225 e. The largest absolute Gasteiger partial charge is 0.338 e. The summed E-state index contributed by atoms with van der Waals surface area (Å²) in [5.41, 5.74) is 2.26. The zero-order chi connectivity index (χ0) is 11.5. The monoisotopic (exact) mass is 220 g/mol. The van der Waals surface area contributed by atoms with Crippen LogP contribution in [-0.2, 0) is 6.54 Å². The fraction of sp³-hybridized carbons (Fsp3) is 0.667. The van der Waals surface area contributed by atoms with Crippen molar-refractivity contribution in [3.8, 4) is 0 Å². The molecular formula is C12H20N4. The van der Waals surface area contributed by atoms with Crippen molar-refractivity contribution in [2.24, 2.45) is 0 Å². The van der Waals surface area contributed by atoms with Gasteiger partial charge in [0.25, 0.3) is 0 Å². The normalized spacial score (nSPS) is 20.4. The second-order valence-electron chi connectivity index (χ2n) is 4.50. The lowest BCUT2D eigenvalue weighted by Gasteiger charge is -2.21. The quantitative estimate of drug-likeness (QED) is 0.838. The maximum absolute atomic E-state index is 4.60. The van der Waals surface area contributed by atoms with Crippen LogP contribution in [0.15, 0.2) is 6.20 Å². The van der Waals surface area contributed by atoms with Gasteiger partial charge < -0.3 is 10.2 Å². The van der Waals surface area contributed by atoms with E-state index in [0.29, 0.717) is 6.04 Å². The summed E-state index contributed by atoms with van der Waals surface area (Å²) < 4.78 is 0. The van der Waals surface area contributed by atoms with Crippen molar-refractivity contribution in [3.05, 3.63) is 17.5 Å². The van der Waals surface area contributed by atoms with E-state index in [1.165, 1.54) is 18.4 Å². The summed E-state index contributed by atoms with van der Waals surface area (Å²) in [6.07, 6.45) is 4.45. The van der Waals surface area contributed by atoms with Crippen LogP contribution >= 0.6 is 0 Å². The van der Waals surface area contributed by atoms with Gasteiger partial charge in [0.1, 0.15) is 0 Å². The first kappa shape index (κ1) is 11.3. The fourth-order valence-electron chi connectivity index (χ4n) is 2.21. The van der Waals surface area contributed by atoms with Gasteiger partial charge in [0.2, 0.25) is 5.95 Å². The Kier molecular flexibility index (Phi) is 3.39. The van der Waals surface area contributed by atoms with E-state index in [2.05, 4.69) is 34.0 Å². The highest BCUT2D eigenvalue weighted by molar-refractivity contribution is 5.35. The molecule has 1 aliphatic heterocycles. The summed E-state index contributed by atoms with van der Waals surface area (Å²) in [5.74, 6) is 0.891. The van der Waals surface area contributed by atoms with Crippen molar-refractivity contribution >= 4 is 5.95 Å². The van der Waals surface area contributed by atoms with Gasteiger partial charge in [-0.1, -0.05) is 0 Å². The maximum atomic E-state index is 4.60. The third-order valence-corrected chi connectivity index (χ3v) is 3.25. The summed E-state index contributed by atoms with van der Waals surface area (Å²) in [6, 6.07) is 0.578. The van der Waals surface area contributed by atoms with E-state index in [4.69, 9.17) is 0 Å². The molecule has 1 aromatic heterocycles. The maximum Gasteiger partial charge on any atom is 0.225 e. The van der Waals surface area contributed by atoms with E-state index in [1.54, 1.807) is 0 Å². The second-order valence-corrected chi connectivity index (χ2v) is 4.50. The Morgan fingerprint density at radius 2 is 2.38 bits per heavy atom. The molecule has 0 radical (unpaired) electrons. The topological polar surface area (TPSA) is 41.1 Å². The predicted octanol–water partition coefficient (Wildman–Crippen LogP) is 1.49. The van der Waals surface area contributed by atoms with Crippen LogP contribution in [0, 0.1) is 6.92 Å². The molecular weight excluding hydrogens is 200 g/mol. The zero-order valence-corrected chi connectivity index (χ0v) is 10.3. The Hall–Kier alpha value is -1.16. The number of anilines is 1. The average Bonchev–Trinajstić information content (AvgIpc) is 2.68. The predicted molar refractivity (Wildman–Crippen MR) is 65.6 cm³/mol. The number of aromatic nitrogens is 2. The van der Waals surface area contributed by atoms with Crippen LogP contribution in [0.4, 0.5) is 5.95 Å². The fourth-order valence-corrected chi connectivity index (χ4v) is 2.21. The van der Waals surface area contributed by atoms with Gasteiger partial charge in [-0.3, -0.25) is 0 Å². The molecule has 0 bridgehead atoms. The standard InChI is InChI=1S/C12H20N4/c1-9-5-4-6-16(9)12-14-8-11(7-13-3)10(2)15-12/h8-9,13H,4-7H2,1-3H3. The average molecular weight is 220 g/mol. The van der Waals surface area contributed by atoms with Crippen LogP contribution in [0.25, 0.3) is 0 Å². The Balaban J connectivity index is 2.20. The molecule has 0 amide bonds. The molecule has 16 heavy (non-hydrogen) atoms. The first-order chi connectivity index (χ1) is 7.72. The van der Waals surface area contributed by atoms with Crippen molar-refractivity contribution in [2.45, 2.75) is 39.3 Å². The summed E-state index contributed by atoms with van der Waals surface area (Å²) in [5, 5.41) is 3.13. The molecule has 4 nitrogen and oxygen atoms in total. The van der Waals surface area contributed by atoms with Gasteiger partial charge in [-0.2, -0.15) is 0 Å². The van der Waals surface area contributed by atoms with E-state index < -0.39 is 0 Å².